The Balaban J connectivity index is 2.44. The summed E-state index contributed by atoms with van der Waals surface area (Å²) in [6.45, 7) is 8.11. The zero-order chi connectivity index (χ0) is 17.7. The molecule has 5 nitrogen and oxygen atoms in total. The van der Waals surface area contributed by atoms with Gasteiger partial charge in [-0.05, 0) is 37.6 Å². The summed E-state index contributed by atoms with van der Waals surface area (Å²) < 4.78 is 10.3. The molecular formula is C19H21NO4. The maximum atomic E-state index is 12.6. The predicted molar refractivity (Wildman–Crippen MR) is 92.2 cm³/mol. The Labute approximate surface area is 141 Å². The molecule has 0 N–H and O–H groups in total. The van der Waals surface area contributed by atoms with Gasteiger partial charge in [0.25, 0.3) is 5.91 Å². The van der Waals surface area contributed by atoms with Crippen LogP contribution in [0.3, 0.4) is 0 Å². The Kier molecular flexibility index (Phi) is 5.58. The van der Waals surface area contributed by atoms with Crippen molar-refractivity contribution in [1.29, 1.82) is 0 Å². The van der Waals surface area contributed by atoms with Crippen LogP contribution in [0.5, 0.6) is 5.75 Å². The maximum Gasteiger partial charge on any atom is 0.340 e. The van der Waals surface area contributed by atoms with Crippen LogP contribution in [0.25, 0.3) is 6.08 Å². The molecule has 0 saturated carbocycles. The molecule has 0 aliphatic carbocycles. The summed E-state index contributed by atoms with van der Waals surface area (Å²) in [7, 11) is 1.31. The molecule has 24 heavy (non-hydrogen) atoms. The van der Waals surface area contributed by atoms with E-state index in [0.29, 0.717) is 35.7 Å². The lowest BCUT2D eigenvalue weighted by Crippen LogP contribution is -2.24. The number of hydrogen-bond donors (Lipinski definition) is 0. The highest BCUT2D eigenvalue weighted by atomic mass is 16.5. The third-order valence-corrected chi connectivity index (χ3v) is 3.75. The van der Waals surface area contributed by atoms with E-state index in [1.807, 2.05) is 31.2 Å². The second-order valence-electron chi connectivity index (χ2n) is 5.23. The van der Waals surface area contributed by atoms with Crippen LogP contribution in [0.2, 0.25) is 0 Å². The number of methoxy groups -OCH3 is 1. The summed E-state index contributed by atoms with van der Waals surface area (Å²) in [6, 6.07) is 7.31. The number of hydrogen-bond acceptors (Lipinski definition) is 4. The van der Waals surface area contributed by atoms with E-state index in [9.17, 15) is 9.59 Å². The van der Waals surface area contributed by atoms with Gasteiger partial charge in [0.05, 0.1) is 18.3 Å². The van der Waals surface area contributed by atoms with E-state index >= 15 is 0 Å². The zero-order valence-electron chi connectivity index (χ0n) is 14.2. The maximum absolute atomic E-state index is 12.6. The highest BCUT2D eigenvalue weighted by molar-refractivity contribution is 6.16. The normalized spacial score (nSPS) is 15.9. The van der Waals surface area contributed by atoms with E-state index in [-0.39, 0.29) is 5.91 Å². The summed E-state index contributed by atoms with van der Waals surface area (Å²) in [5.74, 6) is -0.0442. The van der Waals surface area contributed by atoms with Gasteiger partial charge in [-0.3, -0.25) is 4.79 Å². The van der Waals surface area contributed by atoms with Gasteiger partial charge in [-0.15, -0.1) is 0 Å². The molecule has 0 radical (unpaired) electrons. The predicted octanol–water partition coefficient (Wildman–Crippen LogP) is 2.94. The van der Waals surface area contributed by atoms with E-state index in [1.54, 1.807) is 24.0 Å². The van der Waals surface area contributed by atoms with Crippen LogP contribution in [0, 0.1) is 0 Å². The van der Waals surface area contributed by atoms with Crippen LogP contribution in [0.15, 0.2) is 53.8 Å². The Morgan fingerprint density at radius 2 is 2.12 bits per heavy atom. The molecule has 1 aromatic carbocycles. The van der Waals surface area contributed by atoms with E-state index in [2.05, 4.69) is 6.58 Å². The van der Waals surface area contributed by atoms with E-state index in [4.69, 9.17) is 9.47 Å². The standard InChI is InChI=1S/C19H21NO4/c1-5-10-24-15-9-7-8-14(11-15)12-16-17(19(22)23-4)13(3)20(6-2)18(16)21/h5,7-9,11-12H,1,6,10H2,2-4H3/b16-12-. The fraction of sp³-hybridized carbons (Fsp3) is 0.263. The first kappa shape index (κ1) is 17.5. The number of esters is 1. The number of amides is 1. The van der Waals surface area contributed by atoms with Crippen molar-refractivity contribution < 1.29 is 19.1 Å². The van der Waals surface area contributed by atoms with Crippen molar-refractivity contribution >= 4 is 18.0 Å². The van der Waals surface area contributed by atoms with Crippen LogP contribution in [-0.2, 0) is 14.3 Å². The van der Waals surface area contributed by atoms with Crippen LogP contribution >= 0.6 is 0 Å². The fourth-order valence-electron chi connectivity index (χ4n) is 2.62. The number of carbonyl (C=O) groups excluding carboxylic acids is 2. The molecule has 1 aromatic rings. The topological polar surface area (TPSA) is 55.8 Å². The fourth-order valence-corrected chi connectivity index (χ4v) is 2.62. The third-order valence-electron chi connectivity index (χ3n) is 3.75. The Bertz CT molecular complexity index is 731. The van der Waals surface area contributed by atoms with Gasteiger partial charge in [0.2, 0.25) is 0 Å². The van der Waals surface area contributed by atoms with Crippen molar-refractivity contribution in [1.82, 2.24) is 4.90 Å². The first-order chi connectivity index (χ1) is 11.5. The van der Waals surface area contributed by atoms with Crippen molar-refractivity contribution in [3.63, 3.8) is 0 Å². The molecule has 0 aromatic heterocycles. The second-order valence-corrected chi connectivity index (χ2v) is 5.23. The zero-order valence-corrected chi connectivity index (χ0v) is 14.2. The van der Waals surface area contributed by atoms with Crippen LogP contribution in [0.1, 0.15) is 19.4 Å². The van der Waals surface area contributed by atoms with Gasteiger partial charge in [-0.1, -0.05) is 24.8 Å². The monoisotopic (exact) mass is 327 g/mol. The Hall–Kier alpha value is -2.82. The molecule has 126 valence electrons. The van der Waals surface area contributed by atoms with Crippen molar-refractivity contribution in [2.75, 3.05) is 20.3 Å². The number of benzene rings is 1. The molecule has 1 heterocycles. The van der Waals surface area contributed by atoms with Crippen LogP contribution in [-0.4, -0.2) is 37.0 Å². The van der Waals surface area contributed by atoms with Gasteiger partial charge >= 0.3 is 5.97 Å². The minimum Gasteiger partial charge on any atom is -0.490 e. The first-order valence-corrected chi connectivity index (χ1v) is 7.70. The number of likely N-dealkylation sites (N-methyl/N-ethyl adjacent to an activating group) is 1. The molecule has 5 heteroatoms. The Morgan fingerprint density at radius 3 is 2.75 bits per heavy atom. The molecular weight excluding hydrogens is 306 g/mol. The molecule has 0 atom stereocenters. The van der Waals surface area contributed by atoms with Gasteiger partial charge in [-0.25, -0.2) is 4.79 Å². The molecule has 0 fully saturated rings. The number of carbonyl (C=O) groups is 2. The molecule has 0 saturated heterocycles. The lowest BCUT2D eigenvalue weighted by Gasteiger charge is -2.14. The SMILES string of the molecule is C=CCOc1cccc(/C=C2\C(=O)N(CC)C(C)=C2C(=O)OC)c1. The van der Waals surface area contributed by atoms with Gasteiger partial charge < -0.3 is 14.4 Å². The lowest BCUT2D eigenvalue weighted by molar-refractivity contribution is -0.136. The third kappa shape index (κ3) is 3.40. The minimum atomic E-state index is -0.512. The summed E-state index contributed by atoms with van der Waals surface area (Å²) in [5.41, 5.74) is 2.02. The van der Waals surface area contributed by atoms with Crippen molar-refractivity contribution in [2.45, 2.75) is 13.8 Å². The van der Waals surface area contributed by atoms with Crippen LogP contribution < -0.4 is 4.74 Å². The minimum absolute atomic E-state index is 0.201. The number of nitrogens with zero attached hydrogens (tertiary/aromatic N) is 1. The molecule has 1 aliphatic rings. The summed E-state index contributed by atoms with van der Waals surface area (Å²) >= 11 is 0. The molecule has 0 unspecified atom stereocenters. The average Bonchev–Trinajstić information content (AvgIpc) is 2.82. The van der Waals surface area contributed by atoms with Crippen molar-refractivity contribution in [2.24, 2.45) is 0 Å². The molecule has 2 rings (SSSR count). The van der Waals surface area contributed by atoms with E-state index < -0.39 is 5.97 Å². The van der Waals surface area contributed by atoms with Gasteiger partial charge in [-0.2, -0.15) is 0 Å². The lowest BCUT2D eigenvalue weighted by atomic mass is 10.0. The van der Waals surface area contributed by atoms with E-state index in [0.717, 1.165) is 5.56 Å². The number of ether oxygens (including phenoxy) is 2. The number of rotatable bonds is 6. The van der Waals surface area contributed by atoms with Gasteiger partial charge in [0.1, 0.15) is 12.4 Å². The summed E-state index contributed by atoms with van der Waals surface area (Å²) in [6.07, 6.45) is 3.35. The summed E-state index contributed by atoms with van der Waals surface area (Å²) in [4.78, 5) is 26.3. The highest BCUT2D eigenvalue weighted by Gasteiger charge is 2.36. The first-order valence-electron chi connectivity index (χ1n) is 7.70. The van der Waals surface area contributed by atoms with Crippen molar-refractivity contribution in [3.8, 4) is 5.75 Å². The van der Waals surface area contributed by atoms with Gasteiger partial charge in [0, 0.05) is 12.2 Å². The smallest absolute Gasteiger partial charge is 0.340 e. The highest BCUT2D eigenvalue weighted by Crippen LogP contribution is 2.31. The molecule has 0 spiro atoms. The Morgan fingerprint density at radius 1 is 1.38 bits per heavy atom. The molecule has 1 amide bonds. The largest absolute Gasteiger partial charge is 0.490 e. The molecule has 0 bridgehead atoms. The van der Waals surface area contributed by atoms with E-state index in [1.165, 1.54) is 7.11 Å². The average molecular weight is 327 g/mol. The number of allylic oxidation sites excluding steroid dienone is 1. The summed E-state index contributed by atoms with van der Waals surface area (Å²) in [5, 5.41) is 0. The molecule has 1 aliphatic heterocycles. The van der Waals surface area contributed by atoms with Crippen LogP contribution in [0.4, 0.5) is 0 Å². The quantitative estimate of drug-likeness (QED) is 0.458. The van der Waals surface area contributed by atoms with Gasteiger partial charge in [0.15, 0.2) is 0 Å². The van der Waals surface area contributed by atoms with Crippen molar-refractivity contribution in [3.05, 3.63) is 59.3 Å². The second kappa shape index (κ2) is 7.64.